The van der Waals surface area contributed by atoms with Gasteiger partial charge in [-0.2, -0.15) is 0 Å². The normalized spacial score (nSPS) is 31.6. The zero-order chi connectivity index (χ0) is 13.9. The van der Waals surface area contributed by atoms with E-state index in [-0.39, 0.29) is 5.82 Å². The first kappa shape index (κ1) is 14.1. The summed E-state index contributed by atoms with van der Waals surface area (Å²) in [6.45, 7) is 2.19. The van der Waals surface area contributed by atoms with Gasteiger partial charge >= 0.3 is 0 Å². The second-order valence-electron chi connectivity index (χ2n) is 6.75. The van der Waals surface area contributed by atoms with Crippen molar-refractivity contribution in [2.45, 2.75) is 64.0 Å². The first-order chi connectivity index (χ1) is 9.72. The van der Waals surface area contributed by atoms with E-state index in [2.05, 4.69) is 12.2 Å². The Morgan fingerprint density at radius 2 is 1.70 bits per heavy atom. The van der Waals surface area contributed by atoms with Gasteiger partial charge in [-0.25, -0.2) is 4.39 Å². The lowest BCUT2D eigenvalue weighted by Gasteiger charge is -2.40. The lowest BCUT2D eigenvalue weighted by molar-refractivity contribution is 0.139. The Morgan fingerprint density at radius 1 is 1.00 bits per heavy atom. The van der Waals surface area contributed by atoms with E-state index in [1.54, 1.807) is 12.1 Å². The molecule has 2 heteroatoms. The maximum Gasteiger partial charge on any atom is 0.123 e. The third-order valence-electron chi connectivity index (χ3n) is 5.40. The third kappa shape index (κ3) is 3.22. The highest BCUT2D eigenvalue weighted by Crippen LogP contribution is 2.40. The van der Waals surface area contributed by atoms with E-state index in [4.69, 9.17) is 0 Å². The Labute approximate surface area is 122 Å². The second-order valence-corrected chi connectivity index (χ2v) is 6.75. The molecule has 1 aromatic carbocycles. The molecule has 0 heterocycles. The Hall–Kier alpha value is -0.890. The lowest BCUT2D eigenvalue weighted by atomic mass is 9.69. The van der Waals surface area contributed by atoms with Gasteiger partial charge in [0, 0.05) is 12.1 Å². The average Bonchev–Trinajstić information content (AvgIpc) is 2.48. The minimum absolute atomic E-state index is 0.149. The van der Waals surface area contributed by atoms with Crippen molar-refractivity contribution < 1.29 is 4.39 Å². The van der Waals surface area contributed by atoms with Gasteiger partial charge in [-0.15, -0.1) is 0 Å². The summed E-state index contributed by atoms with van der Waals surface area (Å²) in [4.78, 5) is 0. The molecule has 0 amide bonds. The molecule has 4 atom stereocenters. The Balaban J connectivity index is 1.56. The highest BCUT2D eigenvalue weighted by Gasteiger charge is 2.32. The number of rotatable bonds is 3. The van der Waals surface area contributed by atoms with Gasteiger partial charge in [0.05, 0.1) is 0 Å². The van der Waals surface area contributed by atoms with Crippen LogP contribution >= 0.6 is 0 Å². The van der Waals surface area contributed by atoms with Gasteiger partial charge in [-0.3, -0.25) is 0 Å². The number of benzene rings is 1. The number of halogens is 1. The largest absolute Gasteiger partial charge is 0.307 e. The van der Waals surface area contributed by atoms with E-state index in [0.717, 1.165) is 11.8 Å². The van der Waals surface area contributed by atoms with Crippen molar-refractivity contribution >= 4 is 0 Å². The Kier molecular flexibility index (Phi) is 4.40. The molecule has 0 bridgehead atoms. The molecule has 1 aromatic rings. The topological polar surface area (TPSA) is 12.0 Å². The highest BCUT2D eigenvalue weighted by molar-refractivity contribution is 5.19. The van der Waals surface area contributed by atoms with E-state index < -0.39 is 0 Å². The molecule has 3 rings (SSSR count). The van der Waals surface area contributed by atoms with E-state index in [1.807, 2.05) is 12.1 Å². The molecule has 0 spiro atoms. The number of hydrogen-bond acceptors (Lipinski definition) is 1. The summed E-state index contributed by atoms with van der Waals surface area (Å²) in [6, 6.07) is 7.89. The smallest absolute Gasteiger partial charge is 0.123 e. The maximum atomic E-state index is 13.0. The first-order valence-electron chi connectivity index (χ1n) is 8.24. The fraction of sp³-hybridized carbons (Fsp3) is 0.667. The van der Waals surface area contributed by atoms with Gasteiger partial charge in [-0.05, 0) is 55.7 Å². The van der Waals surface area contributed by atoms with E-state index in [0.29, 0.717) is 12.1 Å². The quantitative estimate of drug-likeness (QED) is 0.832. The fourth-order valence-electron chi connectivity index (χ4n) is 4.23. The van der Waals surface area contributed by atoms with Crippen LogP contribution in [0.2, 0.25) is 0 Å². The molecule has 3 unspecified atom stereocenters. The molecular weight excluding hydrogens is 249 g/mol. The fourth-order valence-corrected chi connectivity index (χ4v) is 4.23. The van der Waals surface area contributed by atoms with Gasteiger partial charge in [0.25, 0.3) is 0 Å². The molecule has 0 aliphatic heterocycles. The molecule has 0 saturated heterocycles. The summed E-state index contributed by atoms with van der Waals surface area (Å²) in [6.07, 6.45) is 9.84. The van der Waals surface area contributed by atoms with Crippen LogP contribution < -0.4 is 5.32 Å². The van der Waals surface area contributed by atoms with Crippen LogP contribution in [-0.4, -0.2) is 6.04 Å². The Bertz CT molecular complexity index is 428. The predicted molar refractivity (Wildman–Crippen MR) is 81.0 cm³/mol. The van der Waals surface area contributed by atoms with Crippen LogP contribution in [0, 0.1) is 17.7 Å². The number of nitrogens with one attached hydrogen (secondary N) is 1. The molecule has 2 saturated carbocycles. The van der Waals surface area contributed by atoms with Gasteiger partial charge in [0.15, 0.2) is 0 Å². The van der Waals surface area contributed by atoms with Gasteiger partial charge in [0.2, 0.25) is 0 Å². The van der Waals surface area contributed by atoms with Crippen LogP contribution in [0.5, 0.6) is 0 Å². The van der Waals surface area contributed by atoms with Crippen molar-refractivity contribution in [3.05, 3.63) is 35.6 Å². The van der Waals surface area contributed by atoms with Gasteiger partial charge < -0.3 is 5.32 Å². The minimum atomic E-state index is -0.149. The molecule has 110 valence electrons. The average molecular weight is 275 g/mol. The number of fused-ring (bicyclic) bond motifs is 1. The summed E-state index contributed by atoms with van der Waals surface area (Å²) >= 11 is 0. The van der Waals surface area contributed by atoms with Crippen LogP contribution in [0.4, 0.5) is 4.39 Å². The molecule has 1 N–H and O–H groups in total. The molecule has 0 radical (unpaired) electrons. The van der Waals surface area contributed by atoms with Crippen molar-refractivity contribution in [1.82, 2.24) is 5.32 Å². The van der Waals surface area contributed by atoms with E-state index in [1.165, 1.54) is 50.5 Å². The SMILES string of the molecule is C[C@H](NC1CCC2CCCCC2C1)c1ccc(F)cc1. The summed E-state index contributed by atoms with van der Waals surface area (Å²) in [5, 5.41) is 3.77. The third-order valence-corrected chi connectivity index (χ3v) is 5.40. The van der Waals surface area contributed by atoms with Crippen molar-refractivity contribution in [3.63, 3.8) is 0 Å². The van der Waals surface area contributed by atoms with Gasteiger partial charge in [-0.1, -0.05) is 37.8 Å². The summed E-state index contributed by atoms with van der Waals surface area (Å²) in [5.74, 6) is 1.81. The molecule has 20 heavy (non-hydrogen) atoms. The van der Waals surface area contributed by atoms with Crippen molar-refractivity contribution in [3.8, 4) is 0 Å². The van der Waals surface area contributed by atoms with E-state index >= 15 is 0 Å². The summed E-state index contributed by atoms with van der Waals surface area (Å²) in [5.41, 5.74) is 1.19. The van der Waals surface area contributed by atoms with Gasteiger partial charge in [0.1, 0.15) is 5.82 Å². The monoisotopic (exact) mass is 275 g/mol. The van der Waals surface area contributed by atoms with Crippen LogP contribution in [0.15, 0.2) is 24.3 Å². The zero-order valence-electron chi connectivity index (χ0n) is 12.4. The molecule has 1 nitrogen and oxygen atoms in total. The second kappa shape index (κ2) is 6.26. The zero-order valence-corrected chi connectivity index (χ0v) is 12.4. The maximum absolute atomic E-state index is 13.0. The first-order valence-corrected chi connectivity index (χ1v) is 8.24. The van der Waals surface area contributed by atoms with E-state index in [9.17, 15) is 4.39 Å². The Morgan fingerprint density at radius 3 is 2.45 bits per heavy atom. The summed E-state index contributed by atoms with van der Waals surface area (Å²) < 4.78 is 13.0. The van der Waals surface area contributed by atoms with Crippen molar-refractivity contribution in [1.29, 1.82) is 0 Å². The van der Waals surface area contributed by atoms with Crippen LogP contribution in [0.3, 0.4) is 0 Å². The standard InChI is InChI=1S/C18H26FN/c1-13(14-6-9-17(19)10-7-14)20-18-11-8-15-4-2-3-5-16(15)12-18/h6-7,9-10,13,15-16,18,20H,2-5,8,11-12H2,1H3/t13-,15?,16?,18?/m0/s1. The summed E-state index contributed by atoms with van der Waals surface area (Å²) in [7, 11) is 0. The van der Waals surface area contributed by atoms with Crippen LogP contribution in [0.1, 0.15) is 63.5 Å². The molecule has 2 aliphatic carbocycles. The van der Waals surface area contributed by atoms with Crippen molar-refractivity contribution in [2.24, 2.45) is 11.8 Å². The highest BCUT2D eigenvalue weighted by atomic mass is 19.1. The predicted octanol–water partition coefficient (Wildman–Crippen LogP) is 4.84. The minimum Gasteiger partial charge on any atom is -0.307 e. The molecule has 2 aliphatic rings. The van der Waals surface area contributed by atoms with Crippen LogP contribution in [0.25, 0.3) is 0 Å². The van der Waals surface area contributed by atoms with Crippen molar-refractivity contribution in [2.75, 3.05) is 0 Å². The molecule has 2 fully saturated rings. The molecule has 0 aromatic heterocycles. The molecular formula is C18H26FN. The van der Waals surface area contributed by atoms with Crippen LogP contribution in [-0.2, 0) is 0 Å². The number of hydrogen-bond donors (Lipinski definition) is 1. The lowest BCUT2D eigenvalue weighted by Crippen LogP contribution is -2.39.